The van der Waals surface area contributed by atoms with Crippen LogP contribution in [0.25, 0.3) is 22.2 Å². The van der Waals surface area contributed by atoms with Gasteiger partial charge in [-0.25, -0.2) is 22.5 Å². The first-order chi connectivity index (χ1) is 18.7. The van der Waals surface area contributed by atoms with Gasteiger partial charge in [-0.3, -0.25) is 9.78 Å². The molecule has 0 bridgehead atoms. The largest absolute Gasteiger partial charge is 0.494 e. The number of methoxy groups -OCH3 is 1. The molecule has 7 nitrogen and oxygen atoms in total. The highest BCUT2D eigenvalue weighted by molar-refractivity contribution is 6.00. The van der Waals surface area contributed by atoms with Gasteiger partial charge in [-0.1, -0.05) is 0 Å². The third kappa shape index (κ3) is 4.35. The van der Waals surface area contributed by atoms with Crippen LogP contribution >= 0.6 is 0 Å². The number of fused-ring (bicyclic) bond motifs is 1. The van der Waals surface area contributed by atoms with Crippen molar-refractivity contribution in [1.29, 1.82) is 0 Å². The fourth-order valence-electron chi connectivity index (χ4n) is 4.70. The molecule has 2 unspecified atom stereocenters. The quantitative estimate of drug-likeness (QED) is 0.297. The van der Waals surface area contributed by atoms with Gasteiger partial charge in [0.25, 0.3) is 5.91 Å². The van der Waals surface area contributed by atoms with E-state index in [2.05, 4.69) is 15.3 Å². The second kappa shape index (κ2) is 9.24. The number of aromatic nitrogens is 2. The van der Waals surface area contributed by atoms with Gasteiger partial charge in [-0.2, -0.15) is 0 Å². The van der Waals surface area contributed by atoms with Crippen LogP contribution < -0.4 is 10.1 Å². The van der Waals surface area contributed by atoms with Crippen molar-refractivity contribution in [2.75, 3.05) is 7.11 Å². The van der Waals surface area contributed by atoms with E-state index in [-0.39, 0.29) is 16.9 Å². The molecule has 208 valence electrons. The Morgan fingerprint density at radius 2 is 1.77 bits per heavy atom. The standard InChI is InChI=1S/C29H25F4N3O4/c1-14-9-16-10-17(11-20(40-4)23(16)34-13-14)25(37)36-26-28(39,29(26,32)33)21-12-19(27(2,3)38)22(31)24(35-21)15-5-7-18(30)8-6-15/h5-13,26,38-39H,1-4H3,(H,36,37). The Bertz CT molecular complexity index is 1650. The summed E-state index contributed by atoms with van der Waals surface area (Å²) >= 11 is 0. The summed E-state index contributed by atoms with van der Waals surface area (Å²) in [6.07, 6.45) is 1.62. The van der Waals surface area contributed by atoms with Crippen molar-refractivity contribution in [3.63, 3.8) is 0 Å². The van der Waals surface area contributed by atoms with E-state index in [1.54, 1.807) is 19.2 Å². The molecule has 0 spiro atoms. The zero-order valence-electron chi connectivity index (χ0n) is 21.9. The number of amides is 1. The normalized spacial score (nSPS) is 19.9. The fourth-order valence-corrected chi connectivity index (χ4v) is 4.70. The number of hydrogen-bond donors (Lipinski definition) is 3. The average Bonchev–Trinajstić information content (AvgIpc) is 3.33. The van der Waals surface area contributed by atoms with E-state index in [0.29, 0.717) is 10.9 Å². The van der Waals surface area contributed by atoms with Crippen LogP contribution in [0, 0.1) is 18.6 Å². The number of aryl methyl sites for hydroxylation is 1. The number of alkyl halides is 2. The number of hydrogen-bond acceptors (Lipinski definition) is 6. The maximum atomic E-state index is 15.4. The van der Waals surface area contributed by atoms with Gasteiger partial charge in [-0.15, -0.1) is 0 Å². The lowest BCUT2D eigenvalue weighted by atomic mass is 9.94. The molecule has 2 atom stereocenters. The minimum absolute atomic E-state index is 0.0157. The number of halogens is 4. The highest BCUT2D eigenvalue weighted by Gasteiger charge is 2.83. The molecule has 2 heterocycles. The third-order valence-electron chi connectivity index (χ3n) is 6.97. The molecule has 1 amide bonds. The third-order valence-corrected chi connectivity index (χ3v) is 6.97. The summed E-state index contributed by atoms with van der Waals surface area (Å²) in [7, 11) is 1.38. The molecule has 0 radical (unpaired) electrons. The average molecular weight is 556 g/mol. The van der Waals surface area contributed by atoms with Crippen LogP contribution in [-0.2, 0) is 11.2 Å². The molecule has 2 aromatic carbocycles. The van der Waals surface area contributed by atoms with Gasteiger partial charge in [0, 0.05) is 28.3 Å². The van der Waals surface area contributed by atoms with Crippen LogP contribution in [-0.4, -0.2) is 45.2 Å². The van der Waals surface area contributed by atoms with Gasteiger partial charge >= 0.3 is 5.92 Å². The van der Waals surface area contributed by atoms with Crippen LogP contribution in [0.4, 0.5) is 17.6 Å². The molecular formula is C29H25F4N3O4. The minimum atomic E-state index is -3.90. The van der Waals surface area contributed by atoms with Gasteiger partial charge in [0.1, 0.15) is 28.8 Å². The number of rotatable bonds is 6. The van der Waals surface area contributed by atoms with E-state index >= 15 is 13.2 Å². The van der Waals surface area contributed by atoms with Gasteiger partial charge in [0.15, 0.2) is 11.4 Å². The molecule has 5 rings (SSSR count). The monoisotopic (exact) mass is 555 g/mol. The number of aliphatic hydroxyl groups is 2. The number of nitrogens with one attached hydrogen (secondary N) is 1. The highest BCUT2D eigenvalue weighted by atomic mass is 19.3. The lowest BCUT2D eigenvalue weighted by molar-refractivity contribution is -0.0101. The minimum Gasteiger partial charge on any atom is -0.494 e. The van der Waals surface area contributed by atoms with Crippen molar-refractivity contribution in [2.24, 2.45) is 0 Å². The summed E-state index contributed by atoms with van der Waals surface area (Å²) in [5.41, 5.74) is -5.15. The van der Waals surface area contributed by atoms with E-state index in [0.717, 1.165) is 23.8 Å². The number of nitrogens with zero attached hydrogens (tertiary/aromatic N) is 2. The molecule has 11 heteroatoms. The van der Waals surface area contributed by atoms with Crippen LogP contribution in [0.5, 0.6) is 5.75 Å². The van der Waals surface area contributed by atoms with E-state index in [1.165, 1.54) is 45.2 Å². The topological polar surface area (TPSA) is 105 Å². The van der Waals surface area contributed by atoms with Crippen molar-refractivity contribution < 1.29 is 37.3 Å². The molecule has 0 aliphatic heterocycles. The van der Waals surface area contributed by atoms with E-state index < -0.39 is 57.7 Å². The first kappa shape index (κ1) is 27.5. The van der Waals surface area contributed by atoms with Crippen LogP contribution in [0.3, 0.4) is 0 Å². The van der Waals surface area contributed by atoms with E-state index in [4.69, 9.17) is 4.74 Å². The smallest absolute Gasteiger partial charge is 0.307 e. The maximum absolute atomic E-state index is 15.4. The second-order valence-corrected chi connectivity index (χ2v) is 10.3. The van der Waals surface area contributed by atoms with Crippen LogP contribution in [0.15, 0.2) is 54.7 Å². The first-order valence-electron chi connectivity index (χ1n) is 12.2. The van der Waals surface area contributed by atoms with Gasteiger partial charge in [-0.05, 0) is 74.9 Å². The maximum Gasteiger partial charge on any atom is 0.307 e. The van der Waals surface area contributed by atoms with Gasteiger partial charge in [0.2, 0.25) is 0 Å². The molecule has 40 heavy (non-hydrogen) atoms. The molecular weight excluding hydrogens is 530 g/mol. The molecule has 3 N–H and O–H groups in total. The Morgan fingerprint density at radius 3 is 2.40 bits per heavy atom. The zero-order chi connectivity index (χ0) is 29.2. The molecule has 0 saturated heterocycles. The lowest BCUT2D eigenvalue weighted by Gasteiger charge is -2.22. The summed E-state index contributed by atoms with van der Waals surface area (Å²) in [5.74, 6) is -6.22. The van der Waals surface area contributed by atoms with Gasteiger partial charge in [0.05, 0.1) is 18.4 Å². The predicted octanol–water partition coefficient (Wildman–Crippen LogP) is 4.75. The van der Waals surface area contributed by atoms with E-state index in [1.807, 2.05) is 0 Å². The summed E-state index contributed by atoms with van der Waals surface area (Å²) in [6, 6.07) is 7.72. The van der Waals surface area contributed by atoms with Crippen LogP contribution in [0.2, 0.25) is 0 Å². The Balaban J connectivity index is 1.55. The molecule has 2 aromatic heterocycles. The number of pyridine rings is 2. The van der Waals surface area contributed by atoms with Crippen molar-refractivity contribution in [1.82, 2.24) is 15.3 Å². The number of carbonyl (C=O) groups excluding carboxylic acids is 1. The summed E-state index contributed by atoms with van der Waals surface area (Å²) in [4.78, 5) is 21.4. The molecule has 1 aliphatic rings. The predicted molar refractivity (Wildman–Crippen MR) is 138 cm³/mol. The highest BCUT2D eigenvalue weighted by Crippen LogP contribution is 2.59. The lowest BCUT2D eigenvalue weighted by Crippen LogP contribution is -2.32. The van der Waals surface area contributed by atoms with Crippen molar-refractivity contribution in [2.45, 2.75) is 43.9 Å². The van der Waals surface area contributed by atoms with Crippen molar-refractivity contribution in [3.05, 3.63) is 88.7 Å². The molecule has 1 aliphatic carbocycles. The van der Waals surface area contributed by atoms with E-state index in [9.17, 15) is 19.4 Å². The fraction of sp³-hybridized carbons (Fsp3) is 0.276. The van der Waals surface area contributed by atoms with Crippen LogP contribution in [0.1, 0.15) is 41.0 Å². The van der Waals surface area contributed by atoms with Gasteiger partial charge < -0.3 is 20.3 Å². The zero-order valence-corrected chi connectivity index (χ0v) is 21.9. The SMILES string of the molecule is COc1cc(C(=O)NC2C(F)(F)C2(O)c2cc(C(C)(C)O)c(F)c(-c3ccc(F)cc3)n2)cc2cc(C)cnc12. The summed E-state index contributed by atoms with van der Waals surface area (Å²) in [5, 5.41) is 24.4. The number of benzene rings is 2. The Kier molecular flexibility index (Phi) is 6.35. The molecule has 1 fully saturated rings. The Labute approximate surface area is 226 Å². The van der Waals surface area contributed by atoms with Crippen molar-refractivity contribution >= 4 is 16.8 Å². The van der Waals surface area contributed by atoms with Crippen molar-refractivity contribution in [3.8, 4) is 17.0 Å². The number of ether oxygens (including phenoxy) is 1. The Hall–Kier alpha value is -4.09. The molecule has 4 aromatic rings. The molecule has 1 saturated carbocycles. The summed E-state index contributed by atoms with van der Waals surface area (Å²) < 4.78 is 64.7. The second-order valence-electron chi connectivity index (χ2n) is 10.3. The number of carbonyl (C=O) groups is 1. The first-order valence-corrected chi connectivity index (χ1v) is 12.2. The Morgan fingerprint density at radius 1 is 1.10 bits per heavy atom. The summed E-state index contributed by atoms with van der Waals surface area (Å²) in [6.45, 7) is 4.28.